The topological polar surface area (TPSA) is 64.3 Å². The monoisotopic (exact) mass is 234 g/mol. The summed E-state index contributed by atoms with van der Waals surface area (Å²) in [7, 11) is 0. The van der Waals surface area contributed by atoms with Crippen molar-refractivity contribution in [1.29, 1.82) is 0 Å². The van der Waals surface area contributed by atoms with Crippen LogP contribution in [0.3, 0.4) is 0 Å². The fourth-order valence-corrected chi connectivity index (χ4v) is 2.21. The van der Waals surface area contributed by atoms with Gasteiger partial charge in [-0.1, -0.05) is 12.1 Å². The Bertz CT molecular complexity index is 406. The van der Waals surface area contributed by atoms with Crippen molar-refractivity contribution in [2.45, 2.75) is 31.9 Å². The van der Waals surface area contributed by atoms with E-state index < -0.39 is 0 Å². The fraction of sp³-hybridized carbons (Fsp3) is 0.462. The fourth-order valence-electron chi connectivity index (χ4n) is 2.21. The molecule has 1 heterocycles. The Morgan fingerprint density at radius 3 is 3.06 bits per heavy atom. The molecule has 0 unspecified atom stereocenters. The van der Waals surface area contributed by atoms with Crippen LogP contribution in [0.4, 0.5) is 5.69 Å². The number of nitrogen functional groups attached to an aromatic ring is 1. The van der Waals surface area contributed by atoms with Crippen molar-refractivity contribution in [2.75, 3.05) is 12.3 Å². The molecule has 2 rings (SSSR count). The third-order valence-electron chi connectivity index (χ3n) is 2.97. The molecule has 1 amide bonds. The minimum atomic E-state index is 0.0169. The van der Waals surface area contributed by atoms with Gasteiger partial charge in [-0.15, -0.1) is 0 Å². The maximum absolute atomic E-state index is 11.0. The van der Waals surface area contributed by atoms with Crippen molar-refractivity contribution in [3.63, 3.8) is 0 Å². The number of nitrogens with one attached hydrogen (secondary N) is 1. The van der Waals surface area contributed by atoms with E-state index in [4.69, 9.17) is 10.5 Å². The molecule has 0 radical (unpaired) electrons. The maximum atomic E-state index is 11.0. The van der Waals surface area contributed by atoms with Gasteiger partial charge in [0.2, 0.25) is 5.91 Å². The molecule has 1 saturated heterocycles. The first-order chi connectivity index (χ1) is 8.15. The minimum Gasteiger partial charge on any atom is -0.399 e. The molecule has 3 N–H and O–H groups in total. The van der Waals surface area contributed by atoms with Gasteiger partial charge < -0.3 is 15.8 Å². The molecular formula is C13H18N2O2. The van der Waals surface area contributed by atoms with E-state index in [0.29, 0.717) is 6.61 Å². The summed E-state index contributed by atoms with van der Waals surface area (Å²) in [4.78, 5) is 11.0. The van der Waals surface area contributed by atoms with Crippen LogP contribution in [0.15, 0.2) is 24.3 Å². The predicted octanol–water partition coefficient (Wildman–Crippen LogP) is 1.63. The van der Waals surface area contributed by atoms with Gasteiger partial charge in [-0.3, -0.25) is 4.79 Å². The van der Waals surface area contributed by atoms with Crippen LogP contribution in [-0.4, -0.2) is 18.6 Å². The maximum Gasteiger partial charge on any atom is 0.217 e. The van der Waals surface area contributed by atoms with Crippen LogP contribution in [-0.2, 0) is 9.53 Å². The van der Waals surface area contributed by atoms with Gasteiger partial charge in [0.1, 0.15) is 0 Å². The number of hydrogen-bond donors (Lipinski definition) is 2. The average Bonchev–Trinajstić information content (AvgIpc) is 2.28. The van der Waals surface area contributed by atoms with Gasteiger partial charge in [-0.2, -0.15) is 0 Å². The van der Waals surface area contributed by atoms with Crippen molar-refractivity contribution in [2.24, 2.45) is 0 Å². The van der Waals surface area contributed by atoms with Gasteiger partial charge in [0.25, 0.3) is 0 Å². The number of benzene rings is 1. The highest BCUT2D eigenvalue weighted by molar-refractivity contribution is 5.73. The van der Waals surface area contributed by atoms with Crippen LogP contribution >= 0.6 is 0 Å². The number of ether oxygens (including phenoxy) is 1. The summed E-state index contributed by atoms with van der Waals surface area (Å²) in [6, 6.07) is 7.93. The van der Waals surface area contributed by atoms with E-state index in [1.165, 1.54) is 0 Å². The molecule has 1 aromatic rings. The van der Waals surface area contributed by atoms with E-state index in [9.17, 15) is 4.79 Å². The number of amides is 1. The Kier molecular flexibility index (Phi) is 3.64. The van der Waals surface area contributed by atoms with Gasteiger partial charge in [-0.25, -0.2) is 0 Å². The van der Waals surface area contributed by atoms with Crippen LogP contribution < -0.4 is 11.1 Å². The van der Waals surface area contributed by atoms with Crippen molar-refractivity contribution in [1.82, 2.24) is 5.32 Å². The molecule has 4 nitrogen and oxygen atoms in total. The molecule has 1 aliphatic heterocycles. The van der Waals surface area contributed by atoms with E-state index in [1.54, 1.807) is 6.92 Å². The van der Waals surface area contributed by atoms with Crippen LogP contribution in [0, 0.1) is 0 Å². The van der Waals surface area contributed by atoms with Crippen LogP contribution in [0.2, 0.25) is 0 Å². The highest BCUT2D eigenvalue weighted by Crippen LogP contribution is 2.28. The lowest BCUT2D eigenvalue weighted by molar-refractivity contribution is -0.120. The second-order valence-corrected chi connectivity index (χ2v) is 4.45. The van der Waals surface area contributed by atoms with E-state index >= 15 is 0 Å². The molecule has 17 heavy (non-hydrogen) atoms. The Labute approximate surface area is 101 Å². The number of anilines is 1. The standard InChI is InChI=1S/C13H18N2O2/c1-9(16)15-12-5-6-17-13(8-12)10-3-2-4-11(14)7-10/h2-4,7,12-13H,5-6,8,14H2,1H3,(H,15,16)/t12-,13+/m1/s1. The first-order valence-electron chi connectivity index (χ1n) is 5.89. The summed E-state index contributed by atoms with van der Waals surface area (Å²) in [5.41, 5.74) is 7.58. The lowest BCUT2D eigenvalue weighted by Crippen LogP contribution is -2.38. The molecule has 92 valence electrons. The average molecular weight is 234 g/mol. The number of carbonyl (C=O) groups is 1. The number of rotatable bonds is 2. The third kappa shape index (κ3) is 3.20. The van der Waals surface area contributed by atoms with Crippen molar-refractivity contribution >= 4 is 11.6 Å². The van der Waals surface area contributed by atoms with Gasteiger partial charge in [0.05, 0.1) is 6.10 Å². The summed E-state index contributed by atoms with van der Waals surface area (Å²) >= 11 is 0. The molecule has 1 aliphatic rings. The quantitative estimate of drug-likeness (QED) is 0.764. The van der Waals surface area contributed by atoms with Crippen molar-refractivity contribution < 1.29 is 9.53 Å². The zero-order valence-electron chi connectivity index (χ0n) is 9.98. The van der Waals surface area contributed by atoms with E-state index in [1.807, 2.05) is 24.3 Å². The number of hydrogen-bond acceptors (Lipinski definition) is 3. The summed E-state index contributed by atoms with van der Waals surface area (Å²) < 4.78 is 5.72. The molecule has 0 spiro atoms. The summed E-state index contributed by atoms with van der Waals surface area (Å²) in [5, 5.41) is 2.95. The first-order valence-corrected chi connectivity index (χ1v) is 5.89. The normalized spacial score (nSPS) is 24.3. The molecule has 0 saturated carbocycles. The lowest BCUT2D eigenvalue weighted by Gasteiger charge is -2.30. The minimum absolute atomic E-state index is 0.0169. The number of carbonyl (C=O) groups excluding carboxylic acids is 1. The summed E-state index contributed by atoms with van der Waals surface area (Å²) in [6.07, 6.45) is 1.71. The summed E-state index contributed by atoms with van der Waals surface area (Å²) in [6.45, 7) is 2.22. The Morgan fingerprint density at radius 2 is 2.35 bits per heavy atom. The highest BCUT2D eigenvalue weighted by Gasteiger charge is 2.24. The molecular weight excluding hydrogens is 216 g/mol. The van der Waals surface area contributed by atoms with Gasteiger partial charge in [0, 0.05) is 25.3 Å². The van der Waals surface area contributed by atoms with Gasteiger partial charge in [-0.05, 0) is 30.5 Å². The van der Waals surface area contributed by atoms with Gasteiger partial charge in [0.15, 0.2) is 0 Å². The smallest absolute Gasteiger partial charge is 0.217 e. The Morgan fingerprint density at radius 1 is 1.53 bits per heavy atom. The van der Waals surface area contributed by atoms with Crippen LogP contribution in [0.25, 0.3) is 0 Å². The second kappa shape index (κ2) is 5.19. The van der Waals surface area contributed by atoms with E-state index in [-0.39, 0.29) is 18.1 Å². The molecule has 0 aromatic heterocycles. The molecule has 1 fully saturated rings. The van der Waals surface area contributed by atoms with E-state index in [0.717, 1.165) is 24.1 Å². The molecule has 1 aromatic carbocycles. The van der Waals surface area contributed by atoms with Crippen molar-refractivity contribution in [3.05, 3.63) is 29.8 Å². The second-order valence-electron chi connectivity index (χ2n) is 4.45. The van der Waals surface area contributed by atoms with E-state index in [2.05, 4.69) is 5.32 Å². The van der Waals surface area contributed by atoms with Crippen molar-refractivity contribution in [3.8, 4) is 0 Å². The number of nitrogens with two attached hydrogens (primary N) is 1. The zero-order chi connectivity index (χ0) is 12.3. The molecule has 4 heteroatoms. The SMILES string of the molecule is CC(=O)N[C@@H]1CCO[C@H](c2cccc(N)c2)C1. The Hall–Kier alpha value is -1.55. The molecule has 2 atom stereocenters. The highest BCUT2D eigenvalue weighted by atomic mass is 16.5. The third-order valence-corrected chi connectivity index (χ3v) is 2.97. The predicted molar refractivity (Wildman–Crippen MR) is 66.4 cm³/mol. The molecule has 0 bridgehead atoms. The Balaban J connectivity index is 2.04. The van der Waals surface area contributed by atoms with Gasteiger partial charge >= 0.3 is 0 Å². The largest absolute Gasteiger partial charge is 0.399 e. The lowest BCUT2D eigenvalue weighted by atomic mass is 9.97. The first kappa shape index (κ1) is 11.9. The summed E-state index contributed by atoms with van der Waals surface area (Å²) in [5.74, 6) is 0.0169. The zero-order valence-corrected chi connectivity index (χ0v) is 9.98. The molecule has 0 aliphatic carbocycles. The van der Waals surface area contributed by atoms with Crippen LogP contribution in [0.5, 0.6) is 0 Å². The van der Waals surface area contributed by atoms with Crippen LogP contribution in [0.1, 0.15) is 31.4 Å².